The summed E-state index contributed by atoms with van der Waals surface area (Å²) in [5.41, 5.74) is 2.30. The van der Waals surface area contributed by atoms with Crippen LogP contribution in [0, 0.1) is 19.8 Å². The molecule has 1 aromatic carbocycles. The van der Waals surface area contributed by atoms with E-state index in [9.17, 15) is 19.2 Å². The average molecular weight is 403 g/mol. The molecule has 1 aliphatic rings. The number of aryl methyl sites for hydroxylation is 1. The minimum atomic E-state index is -1.15. The normalized spacial score (nSPS) is 17.7. The molecule has 2 N–H and O–H groups in total. The van der Waals surface area contributed by atoms with Gasteiger partial charge in [0.25, 0.3) is 5.91 Å². The standard InChI is InChI=1S/C21H29N3O5/c1-12-8-7-9-16(13(12)2)24-11-15(10-17(24)25)19(27)29-14(3)18(26)22-20(28)23-21(4,5)6/h7-9,14-15H,10-11H2,1-6H3,(H2,22,23,26,28)/t14-,15+/m1/s1. The lowest BCUT2D eigenvalue weighted by atomic mass is 10.1. The Labute approximate surface area is 171 Å². The molecule has 4 amide bonds. The highest BCUT2D eigenvalue weighted by atomic mass is 16.5. The van der Waals surface area contributed by atoms with Crippen molar-refractivity contribution in [2.45, 2.75) is 59.6 Å². The Morgan fingerprint density at radius 1 is 1.21 bits per heavy atom. The third kappa shape index (κ3) is 5.79. The first kappa shape index (κ1) is 22.4. The number of hydrogen-bond acceptors (Lipinski definition) is 5. The number of anilines is 1. The summed E-state index contributed by atoms with van der Waals surface area (Å²) >= 11 is 0. The van der Waals surface area contributed by atoms with Crippen molar-refractivity contribution in [3.8, 4) is 0 Å². The molecule has 1 heterocycles. The van der Waals surface area contributed by atoms with E-state index in [0.717, 1.165) is 16.8 Å². The first-order valence-electron chi connectivity index (χ1n) is 9.59. The summed E-state index contributed by atoms with van der Waals surface area (Å²) in [7, 11) is 0. The number of esters is 1. The van der Waals surface area contributed by atoms with Gasteiger partial charge in [0.1, 0.15) is 0 Å². The topological polar surface area (TPSA) is 105 Å². The van der Waals surface area contributed by atoms with Crippen LogP contribution in [-0.2, 0) is 19.1 Å². The third-order valence-electron chi connectivity index (χ3n) is 4.71. The highest BCUT2D eigenvalue weighted by molar-refractivity contribution is 6.01. The highest BCUT2D eigenvalue weighted by Crippen LogP contribution is 2.30. The maximum Gasteiger partial charge on any atom is 0.321 e. The first-order chi connectivity index (χ1) is 13.4. The van der Waals surface area contributed by atoms with Crippen molar-refractivity contribution in [2.24, 2.45) is 5.92 Å². The largest absolute Gasteiger partial charge is 0.452 e. The molecule has 8 nitrogen and oxygen atoms in total. The monoisotopic (exact) mass is 403 g/mol. The Kier molecular flexibility index (Phi) is 6.66. The smallest absolute Gasteiger partial charge is 0.321 e. The molecule has 0 spiro atoms. The Morgan fingerprint density at radius 2 is 1.86 bits per heavy atom. The Hall–Kier alpha value is -2.90. The Morgan fingerprint density at radius 3 is 2.48 bits per heavy atom. The molecule has 0 radical (unpaired) electrons. The lowest BCUT2D eigenvalue weighted by molar-refractivity contribution is -0.158. The van der Waals surface area contributed by atoms with Gasteiger partial charge in [-0.15, -0.1) is 0 Å². The molecule has 1 fully saturated rings. The number of nitrogens with zero attached hydrogens (tertiary/aromatic N) is 1. The van der Waals surface area contributed by atoms with Crippen LogP contribution in [0.1, 0.15) is 45.2 Å². The highest BCUT2D eigenvalue weighted by Gasteiger charge is 2.38. The van der Waals surface area contributed by atoms with Crippen LogP contribution in [-0.4, -0.2) is 42.0 Å². The van der Waals surface area contributed by atoms with Crippen LogP contribution in [0.5, 0.6) is 0 Å². The second kappa shape index (κ2) is 8.63. The number of hydrogen-bond donors (Lipinski definition) is 2. The van der Waals surface area contributed by atoms with E-state index in [1.807, 2.05) is 32.0 Å². The zero-order chi connectivity index (χ0) is 21.9. The molecule has 0 bridgehead atoms. The van der Waals surface area contributed by atoms with Gasteiger partial charge in [-0.3, -0.25) is 19.7 Å². The average Bonchev–Trinajstić information content (AvgIpc) is 2.97. The van der Waals surface area contributed by atoms with Gasteiger partial charge in [-0.05, 0) is 58.7 Å². The van der Waals surface area contributed by atoms with Crippen LogP contribution < -0.4 is 15.5 Å². The second-order valence-corrected chi connectivity index (χ2v) is 8.40. The molecule has 0 aromatic heterocycles. The number of amides is 4. The van der Waals surface area contributed by atoms with E-state index in [-0.39, 0.29) is 18.9 Å². The van der Waals surface area contributed by atoms with E-state index in [1.165, 1.54) is 6.92 Å². The Balaban J connectivity index is 1.95. The summed E-state index contributed by atoms with van der Waals surface area (Å²) in [5, 5.41) is 4.74. The molecule has 0 unspecified atom stereocenters. The second-order valence-electron chi connectivity index (χ2n) is 8.40. The lowest BCUT2D eigenvalue weighted by Crippen LogP contribution is -2.50. The van der Waals surface area contributed by atoms with Gasteiger partial charge in [-0.1, -0.05) is 12.1 Å². The fraction of sp³-hybridized carbons (Fsp3) is 0.524. The van der Waals surface area contributed by atoms with Crippen LogP contribution in [0.3, 0.4) is 0 Å². The van der Waals surface area contributed by atoms with Crippen molar-refractivity contribution < 1.29 is 23.9 Å². The summed E-state index contributed by atoms with van der Waals surface area (Å²) in [6.07, 6.45) is -1.14. The Bertz CT molecular complexity index is 828. The number of rotatable bonds is 4. The summed E-state index contributed by atoms with van der Waals surface area (Å²) < 4.78 is 5.20. The third-order valence-corrected chi connectivity index (χ3v) is 4.71. The molecule has 0 aliphatic carbocycles. The molecule has 158 valence electrons. The maximum absolute atomic E-state index is 12.5. The molecule has 0 saturated carbocycles. The molecular formula is C21H29N3O5. The van der Waals surface area contributed by atoms with Crippen LogP contribution in [0.25, 0.3) is 0 Å². The number of urea groups is 1. The molecule has 2 atom stereocenters. The van der Waals surface area contributed by atoms with E-state index >= 15 is 0 Å². The number of nitrogens with one attached hydrogen (secondary N) is 2. The minimum absolute atomic E-state index is 0.0189. The van der Waals surface area contributed by atoms with E-state index in [1.54, 1.807) is 25.7 Å². The number of ether oxygens (including phenoxy) is 1. The van der Waals surface area contributed by atoms with E-state index in [4.69, 9.17) is 4.74 Å². The van der Waals surface area contributed by atoms with Crippen molar-refractivity contribution in [3.63, 3.8) is 0 Å². The number of carbonyl (C=O) groups excluding carboxylic acids is 4. The zero-order valence-corrected chi connectivity index (χ0v) is 17.8. The van der Waals surface area contributed by atoms with Crippen molar-refractivity contribution in [1.29, 1.82) is 0 Å². The first-order valence-corrected chi connectivity index (χ1v) is 9.59. The summed E-state index contributed by atoms with van der Waals surface area (Å²) in [6.45, 7) is 10.8. The summed E-state index contributed by atoms with van der Waals surface area (Å²) in [5.74, 6) is -2.19. The van der Waals surface area contributed by atoms with Gasteiger partial charge in [0.05, 0.1) is 5.92 Å². The molecule has 8 heteroatoms. The predicted molar refractivity (Wildman–Crippen MR) is 108 cm³/mol. The fourth-order valence-corrected chi connectivity index (χ4v) is 3.04. The SMILES string of the molecule is Cc1cccc(N2C[C@@H](C(=O)O[C@H](C)C(=O)NC(=O)NC(C)(C)C)CC2=O)c1C. The molecule has 29 heavy (non-hydrogen) atoms. The predicted octanol–water partition coefficient (Wildman–Crippen LogP) is 2.21. The van der Waals surface area contributed by atoms with Gasteiger partial charge in [-0.2, -0.15) is 0 Å². The van der Waals surface area contributed by atoms with Crippen LogP contribution >= 0.6 is 0 Å². The van der Waals surface area contributed by atoms with E-state index in [2.05, 4.69) is 10.6 Å². The number of imide groups is 1. The van der Waals surface area contributed by atoms with Gasteiger partial charge < -0.3 is 15.0 Å². The summed E-state index contributed by atoms with van der Waals surface area (Å²) in [6, 6.07) is 5.01. The van der Waals surface area contributed by atoms with Crippen LogP contribution in [0.2, 0.25) is 0 Å². The molecule has 1 aliphatic heterocycles. The molecular weight excluding hydrogens is 374 g/mol. The quantitative estimate of drug-likeness (QED) is 0.750. The molecule has 1 aromatic rings. The summed E-state index contributed by atoms with van der Waals surface area (Å²) in [4.78, 5) is 50.4. The van der Waals surface area contributed by atoms with Crippen LogP contribution in [0.15, 0.2) is 18.2 Å². The van der Waals surface area contributed by atoms with E-state index in [0.29, 0.717) is 0 Å². The van der Waals surface area contributed by atoms with E-state index < -0.39 is 35.5 Å². The number of benzene rings is 1. The fourth-order valence-electron chi connectivity index (χ4n) is 3.04. The molecule has 2 rings (SSSR count). The van der Waals surface area contributed by atoms with Gasteiger partial charge in [0, 0.05) is 24.2 Å². The van der Waals surface area contributed by atoms with Crippen LogP contribution in [0.4, 0.5) is 10.5 Å². The minimum Gasteiger partial charge on any atom is -0.452 e. The maximum atomic E-state index is 12.5. The van der Waals surface area contributed by atoms with Gasteiger partial charge in [-0.25, -0.2) is 4.79 Å². The lowest BCUT2D eigenvalue weighted by Gasteiger charge is -2.22. The number of carbonyl (C=O) groups is 4. The van der Waals surface area contributed by atoms with Crippen molar-refractivity contribution in [3.05, 3.63) is 29.3 Å². The van der Waals surface area contributed by atoms with Crippen molar-refractivity contribution >= 4 is 29.5 Å². The van der Waals surface area contributed by atoms with Crippen molar-refractivity contribution in [2.75, 3.05) is 11.4 Å². The van der Waals surface area contributed by atoms with Crippen molar-refractivity contribution in [1.82, 2.24) is 10.6 Å². The van der Waals surface area contributed by atoms with Gasteiger partial charge in [0.2, 0.25) is 5.91 Å². The van der Waals surface area contributed by atoms with Gasteiger partial charge in [0.15, 0.2) is 6.10 Å². The van der Waals surface area contributed by atoms with Gasteiger partial charge >= 0.3 is 12.0 Å². The zero-order valence-electron chi connectivity index (χ0n) is 17.8. The molecule has 1 saturated heterocycles.